The summed E-state index contributed by atoms with van der Waals surface area (Å²) in [5.41, 5.74) is 2.77. The van der Waals surface area contributed by atoms with E-state index in [2.05, 4.69) is 20.2 Å². The molecule has 0 saturated heterocycles. The van der Waals surface area contributed by atoms with Gasteiger partial charge >= 0.3 is 0 Å². The minimum absolute atomic E-state index is 0.0653. The zero-order chi connectivity index (χ0) is 14.4. The first-order chi connectivity index (χ1) is 9.69. The van der Waals surface area contributed by atoms with E-state index in [0.717, 1.165) is 24.3 Å². The molecule has 104 valence electrons. The highest BCUT2D eigenvalue weighted by Gasteiger charge is 2.05. The van der Waals surface area contributed by atoms with Gasteiger partial charge in [-0.3, -0.25) is 19.7 Å². The number of nitrogens with one attached hydrogen (secondary N) is 1. The minimum Gasteiger partial charge on any atom is -0.355 e. The van der Waals surface area contributed by atoms with Crippen molar-refractivity contribution in [3.05, 3.63) is 59.7 Å². The first-order valence-corrected chi connectivity index (χ1v) is 6.43. The van der Waals surface area contributed by atoms with Crippen LogP contribution in [0.15, 0.2) is 42.9 Å². The molecule has 2 aromatic rings. The van der Waals surface area contributed by atoms with Gasteiger partial charge in [0, 0.05) is 44.3 Å². The lowest BCUT2D eigenvalue weighted by molar-refractivity contribution is 0.0963. The van der Waals surface area contributed by atoms with Gasteiger partial charge in [0.2, 0.25) is 0 Å². The largest absolute Gasteiger partial charge is 0.355 e. The van der Waals surface area contributed by atoms with Gasteiger partial charge in [0.15, 0.2) is 0 Å². The Hall–Kier alpha value is -2.27. The fourth-order valence-electron chi connectivity index (χ4n) is 1.96. The minimum atomic E-state index is -0.0653. The molecule has 5 heteroatoms. The maximum Gasteiger partial charge on any atom is 0.251 e. The van der Waals surface area contributed by atoms with Crippen molar-refractivity contribution in [2.75, 3.05) is 14.1 Å². The molecule has 1 aromatic carbocycles. The number of hydrogen-bond acceptors (Lipinski definition) is 4. The summed E-state index contributed by atoms with van der Waals surface area (Å²) >= 11 is 0. The van der Waals surface area contributed by atoms with Gasteiger partial charge in [-0.05, 0) is 24.7 Å². The van der Waals surface area contributed by atoms with Gasteiger partial charge in [0.1, 0.15) is 0 Å². The number of carbonyl (C=O) groups excluding carboxylic acids is 1. The van der Waals surface area contributed by atoms with E-state index < -0.39 is 0 Å². The zero-order valence-electron chi connectivity index (χ0n) is 11.7. The molecule has 2 rings (SSSR count). The van der Waals surface area contributed by atoms with Crippen LogP contribution in [0.4, 0.5) is 0 Å². The molecule has 0 aliphatic heterocycles. The SMILES string of the molecule is CNC(=O)c1ccc(CN(C)Cc2cnccn2)cc1. The van der Waals surface area contributed by atoms with Crippen molar-refractivity contribution in [2.24, 2.45) is 0 Å². The summed E-state index contributed by atoms with van der Waals surface area (Å²) in [6.45, 7) is 1.54. The van der Waals surface area contributed by atoms with Gasteiger partial charge in [-0.25, -0.2) is 0 Å². The Morgan fingerprint density at radius 2 is 1.95 bits per heavy atom. The third kappa shape index (κ3) is 3.86. The van der Waals surface area contributed by atoms with Gasteiger partial charge in [-0.2, -0.15) is 0 Å². The Morgan fingerprint density at radius 1 is 1.20 bits per heavy atom. The van der Waals surface area contributed by atoms with Crippen molar-refractivity contribution in [2.45, 2.75) is 13.1 Å². The first kappa shape index (κ1) is 14.1. The Balaban J connectivity index is 1.94. The van der Waals surface area contributed by atoms with Crippen LogP contribution in [-0.4, -0.2) is 34.9 Å². The number of carbonyl (C=O) groups is 1. The van der Waals surface area contributed by atoms with E-state index >= 15 is 0 Å². The number of rotatable bonds is 5. The van der Waals surface area contributed by atoms with E-state index in [9.17, 15) is 4.79 Å². The van der Waals surface area contributed by atoms with Crippen molar-refractivity contribution >= 4 is 5.91 Å². The van der Waals surface area contributed by atoms with Crippen LogP contribution in [0.3, 0.4) is 0 Å². The molecular weight excluding hydrogens is 252 g/mol. The fraction of sp³-hybridized carbons (Fsp3) is 0.267. The number of amides is 1. The predicted octanol–water partition coefficient (Wildman–Crippen LogP) is 1.47. The van der Waals surface area contributed by atoms with Crippen LogP contribution in [0.5, 0.6) is 0 Å². The van der Waals surface area contributed by atoms with E-state index in [1.165, 1.54) is 0 Å². The predicted molar refractivity (Wildman–Crippen MR) is 77.0 cm³/mol. The summed E-state index contributed by atoms with van der Waals surface area (Å²) in [5.74, 6) is -0.0653. The fourth-order valence-corrected chi connectivity index (χ4v) is 1.96. The van der Waals surface area contributed by atoms with E-state index in [1.807, 2.05) is 31.3 Å². The molecule has 5 nitrogen and oxygen atoms in total. The lowest BCUT2D eigenvalue weighted by atomic mass is 10.1. The van der Waals surface area contributed by atoms with Crippen LogP contribution < -0.4 is 5.32 Å². The highest BCUT2D eigenvalue weighted by atomic mass is 16.1. The van der Waals surface area contributed by atoms with Crippen molar-refractivity contribution < 1.29 is 4.79 Å². The van der Waals surface area contributed by atoms with Gasteiger partial charge in [0.25, 0.3) is 5.91 Å². The van der Waals surface area contributed by atoms with Gasteiger partial charge in [-0.15, -0.1) is 0 Å². The Kier molecular flexibility index (Phi) is 4.79. The Morgan fingerprint density at radius 3 is 2.55 bits per heavy atom. The third-order valence-electron chi connectivity index (χ3n) is 2.94. The summed E-state index contributed by atoms with van der Waals surface area (Å²) in [5, 5.41) is 2.61. The summed E-state index contributed by atoms with van der Waals surface area (Å²) in [6, 6.07) is 7.62. The molecule has 1 aromatic heterocycles. The molecular formula is C15H18N4O. The van der Waals surface area contributed by atoms with E-state index in [0.29, 0.717) is 5.56 Å². The van der Waals surface area contributed by atoms with Crippen LogP contribution in [0.2, 0.25) is 0 Å². The monoisotopic (exact) mass is 270 g/mol. The normalized spacial score (nSPS) is 10.6. The van der Waals surface area contributed by atoms with Crippen molar-refractivity contribution in [3.8, 4) is 0 Å². The molecule has 0 atom stereocenters. The molecule has 1 amide bonds. The van der Waals surface area contributed by atoms with Crippen LogP contribution in [0, 0.1) is 0 Å². The van der Waals surface area contributed by atoms with E-state index in [-0.39, 0.29) is 5.91 Å². The number of aromatic nitrogens is 2. The van der Waals surface area contributed by atoms with Crippen LogP contribution in [0.1, 0.15) is 21.6 Å². The lowest BCUT2D eigenvalue weighted by Gasteiger charge is -2.16. The molecule has 0 spiro atoms. The second-order valence-corrected chi connectivity index (χ2v) is 4.65. The average molecular weight is 270 g/mol. The molecule has 1 heterocycles. The molecule has 0 unspecified atom stereocenters. The third-order valence-corrected chi connectivity index (χ3v) is 2.94. The molecule has 1 N–H and O–H groups in total. The maximum absolute atomic E-state index is 11.5. The molecule has 0 bridgehead atoms. The first-order valence-electron chi connectivity index (χ1n) is 6.43. The number of hydrogen-bond donors (Lipinski definition) is 1. The number of benzene rings is 1. The standard InChI is InChI=1S/C15H18N4O/c1-16-15(20)13-5-3-12(4-6-13)10-19(2)11-14-9-17-7-8-18-14/h3-9H,10-11H2,1-2H3,(H,16,20). The Labute approximate surface area is 118 Å². The second-order valence-electron chi connectivity index (χ2n) is 4.65. The van der Waals surface area contributed by atoms with E-state index in [4.69, 9.17) is 0 Å². The van der Waals surface area contributed by atoms with E-state index in [1.54, 1.807) is 25.6 Å². The number of nitrogens with zero attached hydrogens (tertiary/aromatic N) is 3. The van der Waals surface area contributed by atoms with Crippen LogP contribution in [-0.2, 0) is 13.1 Å². The summed E-state index contributed by atoms with van der Waals surface area (Å²) in [4.78, 5) is 21.9. The Bertz CT molecular complexity index is 554. The van der Waals surface area contributed by atoms with Gasteiger partial charge in [-0.1, -0.05) is 12.1 Å². The average Bonchev–Trinajstić information content (AvgIpc) is 2.48. The van der Waals surface area contributed by atoms with Gasteiger partial charge in [0.05, 0.1) is 5.69 Å². The van der Waals surface area contributed by atoms with Crippen molar-refractivity contribution in [3.63, 3.8) is 0 Å². The summed E-state index contributed by atoms with van der Waals surface area (Å²) < 4.78 is 0. The highest BCUT2D eigenvalue weighted by molar-refractivity contribution is 5.93. The summed E-state index contributed by atoms with van der Waals surface area (Å²) in [6.07, 6.45) is 5.13. The van der Waals surface area contributed by atoms with Crippen molar-refractivity contribution in [1.82, 2.24) is 20.2 Å². The zero-order valence-corrected chi connectivity index (χ0v) is 11.7. The highest BCUT2D eigenvalue weighted by Crippen LogP contribution is 2.08. The molecule has 20 heavy (non-hydrogen) atoms. The maximum atomic E-state index is 11.5. The summed E-state index contributed by atoms with van der Waals surface area (Å²) in [7, 11) is 3.66. The van der Waals surface area contributed by atoms with Crippen molar-refractivity contribution in [1.29, 1.82) is 0 Å². The molecule has 0 aliphatic rings. The molecule has 0 saturated carbocycles. The quantitative estimate of drug-likeness (QED) is 0.894. The lowest BCUT2D eigenvalue weighted by Crippen LogP contribution is -2.19. The van der Waals surface area contributed by atoms with Crippen LogP contribution >= 0.6 is 0 Å². The smallest absolute Gasteiger partial charge is 0.251 e. The van der Waals surface area contributed by atoms with Crippen LogP contribution in [0.25, 0.3) is 0 Å². The van der Waals surface area contributed by atoms with Gasteiger partial charge < -0.3 is 5.32 Å². The second kappa shape index (κ2) is 6.77. The topological polar surface area (TPSA) is 58.1 Å². The molecule has 0 fully saturated rings. The molecule has 0 aliphatic carbocycles. The molecule has 0 radical (unpaired) electrons.